The van der Waals surface area contributed by atoms with Crippen molar-refractivity contribution >= 4 is 6.03 Å². The molecule has 146 valence electrons. The van der Waals surface area contributed by atoms with Crippen molar-refractivity contribution in [3.8, 4) is 5.75 Å². The van der Waals surface area contributed by atoms with E-state index in [0.29, 0.717) is 31.4 Å². The Morgan fingerprint density at radius 1 is 1.41 bits per heavy atom. The van der Waals surface area contributed by atoms with Gasteiger partial charge in [0.15, 0.2) is 5.82 Å². The van der Waals surface area contributed by atoms with Crippen molar-refractivity contribution in [2.24, 2.45) is 0 Å². The molecule has 27 heavy (non-hydrogen) atoms. The smallest absolute Gasteiger partial charge is 0.318 e. The van der Waals surface area contributed by atoms with Crippen LogP contribution in [0.5, 0.6) is 5.75 Å². The van der Waals surface area contributed by atoms with Crippen LogP contribution >= 0.6 is 0 Å². The van der Waals surface area contributed by atoms with Gasteiger partial charge >= 0.3 is 6.03 Å². The summed E-state index contributed by atoms with van der Waals surface area (Å²) < 4.78 is 10.9. The number of rotatable bonds is 7. The van der Waals surface area contributed by atoms with Crippen LogP contribution in [0.1, 0.15) is 62.9 Å². The van der Waals surface area contributed by atoms with Crippen LogP contribution < -0.4 is 10.1 Å². The van der Waals surface area contributed by atoms with Gasteiger partial charge < -0.3 is 19.5 Å². The van der Waals surface area contributed by atoms with Crippen LogP contribution in [0.15, 0.2) is 28.8 Å². The quantitative estimate of drug-likeness (QED) is 0.802. The standard InChI is InChI=1S/C20H28N4O3/c1-4-26-17-10-6-5-8-15(17)11-12-21-20(25)24-13-7-9-16(24)18-22-19(14(2)3)27-23-18/h5-6,8,10,14,16H,4,7,9,11-13H2,1-3H3,(H,21,25). The van der Waals surface area contributed by atoms with Gasteiger partial charge in [-0.3, -0.25) is 0 Å². The second kappa shape index (κ2) is 8.88. The molecule has 1 aliphatic rings. The summed E-state index contributed by atoms with van der Waals surface area (Å²) in [7, 11) is 0. The van der Waals surface area contributed by atoms with Crippen LogP contribution in [0.3, 0.4) is 0 Å². The van der Waals surface area contributed by atoms with E-state index in [0.717, 1.165) is 30.6 Å². The van der Waals surface area contributed by atoms with Gasteiger partial charge in [0, 0.05) is 19.0 Å². The van der Waals surface area contributed by atoms with Crippen molar-refractivity contribution < 1.29 is 14.1 Å². The van der Waals surface area contributed by atoms with E-state index in [-0.39, 0.29) is 18.0 Å². The van der Waals surface area contributed by atoms with E-state index in [2.05, 4.69) is 15.5 Å². The molecule has 1 fully saturated rings. The van der Waals surface area contributed by atoms with Crippen molar-refractivity contribution in [2.45, 2.75) is 52.0 Å². The zero-order valence-corrected chi connectivity index (χ0v) is 16.3. The fourth-order valence-corrected chi connectivity index (χ4v) is 3.31. The van der Waals surface area contributed by atoms with Crippen LogP contribution in [-0.2, 0) is 6.42 Å². The molecule has 0 radical (unpaired) electrons. The minimum Gasteiger partial charge on any atom is -0.494 e. The third-order valence-corrected chi connectivity index (χ3v) is 4.71. The molecule has 0 bridgehead atoms. The van der Waals surface area contributed by atoms with Crippen molar-refractivity contribution in [1.82, 2.24) is 20.4 Å². The van der Waals surface area contributed by atoms with E-state index in [4.69, 9.17) is 9.26 Å². The number of nitrogens with zero attached hydrogens (tertiary/aromatic N) is 3. The predicted octanol–water partition coefficient (Wildman–Crippen LogP) is 3.68. The average Bonchev–Trinajstić information content (AvgIpc) is 3.32. The molecule has 7 nitrogen and oxygen atoms in total. The molecule has 0 saturated carbocycles. The number of urea groups is 1. The Balaban J connectivity index is 1.57. The van der Waals surface area contributed by atoms with Gasteiger partial charge in [0.1, 0.15) is 5.75 Å². The molecule has 1 N–H and O–H groups in total. The summed E-state index contributed by atoms with van der Waals surface area (Å²) in [5.41, 5.74) is 1.09. The molecule has 2 heterocycles. The second-order valence-electron chi connectivity index (χ2n) is 7.02. The molecule has 0 aliphatic carbocycles. The number of amides is 2. The summed E-state index contributed by atoms with van der Waals surface area (Å²) in [5.74, 6) is 2.28. The molecule has 0 spiro atoms. The number of nitrogens with one attached hydrogen (secondary N) is 1. The van der Waals surface area contributed by atoms with E-state index in [1.165, 1.54) is 0 Å². The number of para-hydroxylation sites is 1. The van der Waals surface area contributed by atoms with Gasteiger partial charge in [-0.1, -0.05) is 37.2 Å². The van der Waals surface area contributed by atoms with Crippen LogP contribution in [0.25, 0.3) is 0 Å². The van der Waals surface area contributed by atoms with Gasteiger partial charge in [-0.05, 0) is 37.8 Å². The maximum absolute atomic E-state index is 12.7. The molecular weight excluding hydrogens is 344 g/mol. The van der Waals surface area contributed by atoms with E-state index in [1.54, 1.807) is 0 Å². The molecular formula is C20H28N4O3. The molecule has 1 atom stereocenters. The van der Waals surface area contributed by atoms with Crippen LogP contribution in [-0.4, -0.2) is 40.8 Å². The Labute approximate surface area is 160 Å². The number of aromatic nitrogens is 2. The van der Waals surface area contributed by atoms with Crippen molar-refractivity contribution in [1.29, 1.82) is 0 Å². The Morgan fingerprint density at radius 3 is 2.96 bits per heavy atom. The van der Waals surface area contributed by atoms with Gasteiger partial charge in [0.2, 0.25) is 5.89 Å². The van der Waals surface area contributed by atoms with Gasteiger partial charge in [0.25, 0.3) is 0 Å². The number of hydrogen-bond acceptors (Lipinski definition) is 5. The Morgan fingerprint density at radius 2 is 2.22 bits per heavy atom. The first-order valence-corrected chi connectivity index (χ1v) is 9.68. The average molecular weight is 372 g/mol. The number of carbonyl (C=O) groups excluding carboxylic acids is 1. The van der Waals surface area contributed by atoms with Gasteiger partial charge in [0.05, 0.1) is 12.6 Å². The molecule has 3 rings (SSSR count). The maximum Gasteiger partial charge on any atom is 0.318 e. The van der Waals surface area contributed by atoms with Crippen LogP contribution in [0, 0.1) is 0 Å². The first-order chi connectivity index (χ1) is 13.1. The Bertz CT molecular complexity index is 759. The summed E-state index contributed by atoms with van der Waals surface area (Å²) in [5, 5.41) is 7.10. The van der Waals surface area contributed by atoms with E-state index in [1.807, 2.05) is 49.9 Å². The summed E-state index contributed by atoms with van der Waals surface area (Å²) in [4.78, 5) is 18.9. The molecule has 1 aliphatic heterocycles. The zero-order valence-electron chi connectivity index (χ0n) is 16.3. The number of likely N-dealkylation sites (tertiary alicyclic amines) is 1. The number of carbonyl (C=O) groups is 1. The topological polar surface area (TPSA) is 80.5 Å². The Hall–Kier alpha value is -2.57. The molecule has 1 saturated heterocycles. The lowest BCUT2D eigenvalue weighted by Gasteiger charge is -2.22. The molecule has 1 aromatic heterocycles. The van der Waals surface area contributed by atoms with Crippen LogP contribution in [0.4, 0.5) is 4.79 Å². The highest BCUT2D eigenvalue weighted by molar-refractivity contribution is 5.75. The second-order valence-corrected chi connectivity index (χ2v) is 7.02. The highest BCUT2D eigenvalue weighted by atomic mass is 16.5. The summed E-state index contributed by atoms with van der Waals surface area (Å²) >= 11 is 0. The number of benzene rings is 1. The highest BCUT2D eigenvalue weighted by Crippen LogP contribution is 2.30. The lowest BCUT2D eigenvalue weighted by molar-refractivity contribution is 0.190. The summed E-state index contributed by atoms with van der Waals surface area (Å²) in [6.07, 6.45) is 2.52. The summed E-state index contributed by atoms with van der Waals surface area (Å²) in [6, 6.07) is 7.73. The van der Waals surface area contributed by atoms with E-state index in [9.17, 15) is 4.79 Å². The fourth-order valence-electron chi connectivity index (χ4n) is 3.31. The minimum atomic E-state index is -0.114. The van der Waals surface area contributed by atoms with E-state index >= 15 is 0 Å². The lowest BCUT2D eigenvalue weighted by atomic mass is 10.1. The maximum atomic E-state index is 12.7. The first kappa shape index (κ1) is 19.2. The van der Waals surface area contributed by atoms with Gasteiger partial charge in [-0.15, -0.1) is 0 Å². The largest absolute Gasteiger partial charge is 0.494 e. The molecule has 7 heteroatoms. The van der Waals surface area contributed by atoms with Crippen molar-refractivity contribution in [3.05, 3.63) is 41.5 Å². The molecule has 1 aromatic carbocycles. The van der Waals surface area contributed by atoms with Gasteiger partial charge in [-0.2, -0.15) is 4.98 Å². The minimum absolute atomic E-state index is 0.0812. The van der Waals surface area contributed by atoms with Crippen molar-refractivity contribution in [2.75, 3.05) is 19.7 Å². The zero-order chi connectivity index (χ0) is 19.2. The highest BCUT2D eigenvalue weighted by Gasteiger charge is 2.33. The SMILES string of the molecule is CCOc1ccccc1CCNC(=O)N1CCCC1c1noc(C(C)C)n1. The van der Waals surface area contributed by atoms with E-state index < -0.39 is 0 Å². The van der Waals surface area contributed by atoms with Crippen LogP contribution in [0.2, 0.25) is 0 Å². The fraction of sp³-hybridized carbons (Fsp3) is 0.550. The first-order valence-electron chi connectivity index (χ1n) is 9.68. The Kier molecular flexibility index (Phi) is 6.32. The van der Waals surface area contributed by atoms with Gasteiger partial charge in [-0.25, -0.2) is 4.79 Å². The third-order valence-electron chi connectivity index (χ3n) is 4.71. The number of hydrogen-bond donors (Lipinski definition) is 1. The third kappa shape index (κ3) is 4.59. The normalized spacial score (nSPS) is 16.7. The monoisotopic (exact) mass is 372 g/mol. The number of ether oxygens (including phenoxy) is 1. The van der Waals surface area contributed by atoms with Crippen molar-refractivity contribution in [3.63, 3.8) is 0 Å². The molecule has 2 amide bonds. The summed E-state index contributed by atoms with van der Waals surface area (Å²) in [6.45, 7) is 7.87. The lowest BCUT2D eigenvalue weighted by Crippen LogP contribution is -2.40. The predicted molar refractivity (Wildman–Crippen MR) is 102 cm³/mol. The molecule has 1 unspecified atom stereocenters. The molecule has 2 aromatic rings.